The first-order chi connectivity index (χ1) is 20.2. The van der Waals surface area contributed by atoms with Gasteiger partial charge >= 0.3 is 0 Å². The number of hydrogen-bond donors (Lipinski definition) is 1. The molecule has 0 aliphatic carbocycles. The van der Waals surface area contributed by atoms with Crippen LogP contribution < -0.4 is 10.2 Å². The average molecular weight is 592 g/mol. The van der Waals surface area contributed by atoms with E-state index >= 15 is 0 Å². The highest BCUT2D eigenvalue weighted by atomic mass is 32.1. The fraction of sp³-hybridized carbons (Fsp3) is 0.484. The van der Waals surface area contributed by atoms with Crippen LogP contribution in [0.2, 0.25) is 0 Å². The maximum Gasteiger partial charge on any atom is 0.243 e. The fourth-order valence-corrected chi connectivity index (χ4v) is 6.62. The molecule has 2 fully saturated rings. The number of benzene rings is 1. The lowest BCUT2D eigenvalue weighted by molar-refractivity contribution is -0.141. The zero-order valence-corrected chi connectivity index (χ0v) is 25.2. The van der Waals surface area contributed by atoms with Crippen molar-refractivity contribution >= 4 is 41.0 Å². The van der Waals surface area contributed by atoms with Crippen LogP contribution >= 0.6 is 11.3 Å². The van der Waals surface area contributed by atoms with Crippen molar-refractivity contribution in [1.82, 2.24) is 20.4 Å². The lowest BCUT2D eigenvalue weighted by atomic mass is 9.91. The Kier molecular flexibility index (Phi) is 8.86. The first kappa shape index (κ1) is 29.6. The summed E-state index contributed by atoms with van der Waals surface area (Å²) in [5.41, 5.74) is 4.78. The molecule has 2 aliphatic rings. The number of piperidine rings is 1. The van der Waals surface area contributed by atoms with Gasteiger partial charge < -0.3 is 24.4 Å². The van der Waals surface area contributed by atoms with Gasteiger partial charge in [-0.2, -0.15) is 0 Å². The molecule has 2 saturated heterocycles. The van der Waals surface area contributed by atoms with E-state index in [9.17, 15) is 19.2 Å². The van der Waals surface area contributed by atoms with Crippen LogP contribution in [0.25, 0.3) is 10.4 Å². The molecule has 2 aromatic heterocycles. The second-order valence-corrected chi connectivity index (χ2v) is 12.5. The van der Waals surface area contributed by atoms with Crippen molar-refractivity contribution in [2.45, 2.75) is 65.0 Å². The minimum atomic E-state index is -0.891. The van der Waals surface area contributed by atoms with Crippen LogP contribution in [0.15, 0.2) is 40.4 Å². The van der Waals surface area contributed by atoms with Crippen molar-refractivity contribution in [3.05, 3.63) is 52.9 Å². The van der Waals surface area contributed by atoms with Gasteiger partial charge in [-0.3, -0.25) is 14.4 Å². The van der Waals surface area contributed by atoms with Crippen molar-refractivity contribution in [2.75, 3.05) is 24.5 Å². The Labute approximate surface area is 249 Å². The summed E-state index contributed by atoms with van der Waals surface area (Å²) in [6, 6.07) is 8.53. The SMILES string of the molecule is Cc1ncsc1-c1ccc([C@H](C)NC(=O)[C@@H]2CC(=O)CN2C(=O)C(c2cc(N3CCC(C=O)CC3)no2)C(C)C)cc1. The molecule has 1 aromatic carbocycles. The third-order valence-electron chi connectivity index (χ3n) is 8.32. The van der Waals surface area contributed by atoms with Crippen LogP contribution in [0.4, 0.5) is 5.82 Å². The average Bonchev–Trinajstić information content (AvgIpc) is 3.73. The Balaban J connectivity index is 1.27. The third-order valence-corrected chi connectivity index (χ3v) is 9.30. The maximum atomic E-state index is 13.9. The van der Waals surface area contributed by atoms with Crippen molar-refractivity contribution in [3.8, 4) is 10.4 Å². The monoisotopic (exact) mass is 591 g/mol. The van der Waals surface area contributed by atoms with Gasteiger partial charge in [0.15, 0.2) is 17.4 Å². The minimum absolute atomic E-state index is 0.0218. The molecular weight excluding hydrogens is 554 g/mol. The number of rotatable bonds is 9. The van der Waals surface area contributed by atoms with Gasteiger partial charge in [-0.25, -0.2) is 4.98 Å². The molecular formula is C31H37N5O5S. The lowest BCUT2D eigenvalue weighted by Crippen LogP contribution is -2.48. The van der Waals surface area contributed by atoms with E-state index in [4.69, 9.17) is 4.52 Å². The number of nitrogens with zero attached hydrogens (tertiary/aromatic N) is 4. The van der Waals surface area contributed by atoms with Gasteiger partial charge in [0.25, 0.3) is 0 Å². The van der Waals surface area contributed by atoms with Crippen molar-refractivity contribution in [2.24, 2.45) is 11.8 Å². The summed E-state index contributed by atoms with van der Waals surface area (Å²) in [4.78, 5) is 59.9. The fourth-order valence-electron chi connectivity index (χ4n) is 5.81. The number of ketones is 1. The topological polar surface area (TPSA) is 126 Å². The first-order valence-electron chi connectivity index (χ1n) is 14.5. The van der Waals surface area contributed by atoms with Gasteiger partial charge in [-0.1, -0.05) is 43.3 Å². The number of carbonyl (C=O) groups excluding carboxylic acids is 4. The summed E-state index contributed by atoms with van der Waals surface area (Å²) in [6.07, 6.45) is 2.48. The van der Waals surface area contributed by atoms with Crippen LogP contribution in [-0.2, 0) is 19.2 Å². The van der Waals surface area contributed by atoms with E-state index in [-0.39, 0.29) is 48.4 Å². The molecule has 4 heterocycles. The van der Waals surface area contributed by atoms with Crippen molar-refractivity contribution in [1.29, 1.82) is 0 Å². The number of nitrogens with one attached hydrogen (secondary N) is 1. The second kappa shape index (κ2) is 12.6. The van der Waals surface area contributed by atoms with Crippen LogP contribution in [0.5, 0.6) is 0 Å². The predicted molar refractivity (Wildman–Crippen MR) is 159 cm³/mol. The zero-order chi connectivity index (χ0) is 30.0. The number of aryl methyl sites for hydroxylation is 1. The smallest absolute Gasteiger partial charge is 0.243 e. The van der Waals surface area contributed by atoms with E-state index in [1.54, 1.807) is 17.4 Å². The van der Waals surface area contributed by atoms with E-state index in [1.165, 1.54) is 4.90 Å². The number of anilines is 1. The van der Waals surface area contributed by atoms with Gasteiger partial charge in [-0.05, 0) is 43.7 Å². The lowest BCUT2D eigenvalue weighted by Gasteiger charge is -2.29. The van der Waals surface area contributed by atoms with Crippen LogP contribution in [0.1, 0.15) is 69.0 Å². The zero-order valence-electron chi connectivity index (χ0n) is 24.4. The molecule has 2 aliphatic heterocycles. The normalized spacial score (nSPS) is 19.3. The van der Waals surface area contributed by atoms with Crippen LogP contribution in [0, 0.1) is 18.8 Å². The summed E-state index contributed by atoms with van der Waals surface area (Å²) in [5, 5.41) is 7.23. The molecule has 0 spiro atoms. The quantitative estimate of drug-likeness (QED) is 0.365. The Hall–Kier alpha value is -3.86. The summed E-state index contributed by atoms with van der Waals surface area (Å²) < 4.78 is 5.67. The van der Waals surface area contributed by atoms with Crippen LogP contribution in [0.3, 0.4) is 0 Å². The van der Waals surface area contributed by atoms with Gasteiger partial charge in [0, 0.05) is 31.5 Å². The number of Topliss-reactive ketones (excluding diaryl/α,β-unsaturated/α-hetero) is 1. The largest absolute Gasteiger partial charge is 0.358 e. The van der Waals surface area contributed by atoms with E-state index < -0.39 is 12.0 Å². The standard InChI is InChI=1S/C31H37N5O5S/c1-18(2)28(26-14-27(34-41-26)35-11-9-21(16-37)10-12-35)31(40)36-15-24(38)13-25(36)30(39)33-19(3)22-5-7-23(8-6-22)29-20(4)32-17-42-29/h5-8,14,16-19,21,25,28H,9-13,15H2,1-4H3,(H,33,39)/t19-,25-,28?/m0/s1. The number of aldehydes is 1. The Morgan fingerprint density at radius 1 is 1.14 bits per heavy atom. The minimum Gasteiger partial charge on any atom is -0.358 e. The van der Waals surface area contributed by atoms with Crippen molar-refractivity contribution < 1.29 is 23.7 Å². The highest BCUT2D eigenvalue weighted by molar-refractivity contribution is 7.13. The van der Waals surface area contributed by atoms with E-state index in [0.717, 1.165) is 40.8 Å². The van der Waals surface area contributed by atoms with Gasteiger partial charge in [0.1, 0.15) is 18.2 Å². The first-order valence-corrected chi connectivity index (χ1v) is 15.3. The van der Waals surface area contributed by atoms with E-state index in [2.05, 4.69) is 20.4 Å². The number of thiazole rings is 1. The van der Waals surface area contributed by atoms with Gasteiger partial charge in [-0.15, -0.1) is 11.3 Å². The second-order valence-electron chi connectivity index (χ2n) is 11.6. The van der Waals surface area contributed by atoms with Crippen LogP contribution in [-0.4, -0.2) is 64.6 Å². The Morgan fingerprint density at radius 3 is 2.48 bits per heavy atom. The maximum absolute atomic E-state index is 13.9. The summed E-state index contributed by atoms with van der Waals surface area (Å²) in [7, 11) is 0. The molecule has 1 unspecified atom stereocenters. The molecule has 3 aromatic rings. The third kappa shape index (κ3) is 6.16. The molecule has 1 N–H and O–H groups in total. The highest BCUT2D eigenvalue weighted by Gasteiger charge is 2.43. The highest BCUT2D eigenvalue weighted by Crippen LogP contribution is 2.33. The molecule has 0 saturated carbocycles. The number of likely N-dealkylation sites (tertiary alicyclic amines) is 1. The van der Waals surface area contributed by atoms with E-state index in [1.807, 2.05) is 57.5 Å². The number of hydrogen-bond acceptors (Lipinski definition) is 9. The summed E-state index contributed by atoms with van der Waals surface area (Å²) >= 11 is 1.58. The molecule has 42 heavy (non-hydrogen) atoms. The van der Waals surface area contributed by atoms with E-state index in [0.29, 0.717) is 24.7 Å². The molecule has 0 radical (unpaired) electrons. The predicted octanol–water partition coefficient (Wildman–Crippen LogP) is 4.31. The Bertz CT molecular complexity index is 1440. The molecule has 0 bridgehead atoms. The van der Waals surface area contributed by atoms with Gasteiger partial charge in [0.2, 0.25) is 11.8 Å². The number of aromatic nitrogens is 2. The number of amides is 2. The van der Waals surface area contributed by atoms with Gasteiger partial charge in [0.05, 0.1) is 28.7 Å². The molecule has 222 valence electrons. The molecule has 10 nitrogen and oxygen atoms in total. The Morgan fingerprint density at radius 2 is 1.86 bits per heavy atom. The number of carbonyl (C=O) groups is 4. The molecule has 11 heteroatoms. The summed E-state index contributed by atoms with van der Waals surface area (Å²) in [6.45, 7) is 8.94. The molecule has 2 amide bonds. The molecule has 3 atom stereocenters. The summed E-state index contributed by atoms with van der Waals surface area (Å²) in [5.74, 6) is -0.588. The molecule has 5 rings (SSSR count). The van der Waals surface area contributed by atoms with Crippen molar-refractivity contribution in [3.63, 3.8) is 0 Å².